The summed E-state index contributed by atoms with van der Waals surface area (Å²) < 4.78 is 10.4. The zero-order valence-corrected chi connectivity index (χ0v) is 9.92. The summed E-state index contributed by atoms with van der Waals surface area (Å²) >= 11 is 0. The lowest BCUT2D eigenvalue weighted by Crippen LogP contribution is -2.17. The van der Waals surface area contributed by atoms with Crippen molar-refractivity contribution in [3.63, 3.8) is 0 Å². The first-order chi connectivity index (χ1) is 6.90. The molecular formula is C12H18O3. The van der Waals surface area contributed by atoms with Gasteiger partial charge in [-0.1, -0.05) is 0 Å². The fraction of sp³-hybridized carbons (Fsp3) is 0.500. The van der Waals surface area contributed by atoms with Gasteiger partial charge in [0, 0.05) is 11.6 Å². The highest BCUT2D eigenvalue weighted by Gasteiger charge is 2.22. The molecule has 1 aromatic rings. The molecule has 0 heterocycles. The summed E-state index contributed by atoms with van der Waals surface area (Å²) in [7, 11) is 3.20. The Bertz CT molecular complexity index is 351. The van der Waals surface area contributed by atoms with Crippen LogP contribution in [-0.2, 0) is 5.60 Å². The minimum Gasteiger partial charge on any atom is -0.496 e. The van der Waals surface area contributed by atoms with Crippen LogP contribution in [0, 0.1) is 6.92 Å². The van der Waals surface area contributed by atoms with E-state index in [2.05, 4.69) is 0 Å². The van der Waals surface area contributed by atoms with Crippen LogP contribution in [-0.4, -0.2) is 19.3 Å². The van der Waals surface area contributed by atoms with Gasteiger partial charge in [0.05, 0.1) is 19.8 Å². The van der Waals surface area contributed by atoms with Crippen LogP contribution in [0.25, 0.3) is 0 Å². The third-order valence-corrected chi connectivity index (χ3v) is 2.38. The summed E-state index contributed by atoms with van der Waals surface area (Å²) in [5, 5.41) is 9.97. The van der Waals surface area contributed by atoms with Gasteiger partial charge in [0.1, 0.15) is 11.5 Å². The number of benzene rings is 1. The fourth-order valence-corrected chi connectivity index (χ4v) is 1.54. The average Bonchev–Trinajstić information content (AvgIpc) is 2.16. The molecule has 0 aromatic heterocycles. The molecular weight excluding hydrogens is 192 g/mol. The zero-order chi connectivity index (χ0) is 11.6. The molecule has 0 amide bonds. The molecule has 0 aliphatic heterocycles. The summed E-state index contributed by atoms with van der Waals surface area (Å²) in [6.45, 7) is 5.40. The largest absolute Gasteiger partial charge is 0.496 e. The van der Waals surface area contributed by atoms with Crippen molar-refractivity contribution in [2.24, 2.45) is 0 Å². The van der Waals surface area contributed by atoms with Gasteiger partial charge < -0.3 is 14.6 Å². The van der Waals surface area contributed by atoms with Gasteiger partial charge >= 0.3 is 0 Å². The third kappa shape index (κ3) is 2.42. The van der Waals surface area contributed by atoms with E-state index in [0.29, 0.717) is 5.75 Å². The monoisotopic (exact) mass is 210 g/mol. The molecule has 1 aromatic carbocycles. The maximum absolute atomic E-state index is 9.97. The van der Waals surface area contributed by atoms with E-state index < -0.39 is 5.60 Å². The number of hydrogen-bond donors (Lipinski definition) is 1. The Balaban J connectivity index is 3.34. The number of hydrogen-bond acceptors (Lipinski definition) is 3. The van der Waals surface area contributed by atoms with Crippen molar-refractivity contribution in [1.29, 1.82) is 0 Å². The Morgan fingerprint density at radius 3 is 2.00 bits per heavy atom. The van der Waals surface area contributed by atoms with Crippen molar-refractivity contribution in [2.45, 2.75) is 26.4 Å². The molecule has 0 unspecified atom stereocenters. The number of aliphatic hydroxyl groups is 1. The molecule has 1 N–H and O–H groups in total. The lowest BCUT2D eigenvalue weighted by Gasteiger charge is -2.22. The van der Waals surface area contributed by atoms with Crippen molar-refractivity contribution >= 4 is 0 Å². The average molecular weight is 210 g/mol. The maximum atomic E-state index is 9.97. The molecule has 0 saturated heterocycles. The number of aryl methyl sites for hydroxylation is 1. The standard InChI is InChI=1S/C12H18O3/c1-8-6-9(12(2,3)13)11(15-5)7-10(8)14-4/h6-7,13H,1-5H3. The topological polar surface area (TPSA) is 38.7 Å². The molecule has 3 nitrogen and oxygen atoms in total. The Morgan fingerprint density at radius 1 is 1.07 bits per heavy atom. The molecule has 3 heteroatoms. The van der Waals surface area contributed by atoms with Crippen LogP contribution in [0.4, 0.5) is 0 Å². The van der Waals surface area contributed by atoms with E-state index in [0.717, 1.165) is 16.9 Å². The van der Waals surface area contributed by atoms with Gasteiger partial charge in [-0.05, 0) is 32.4 Å². The summed E-state index contributed by atoms with van der Waals surface area (Å²) in [5.74, 6) is 1.41. The van der Waals surface area contributed by atoms with Gasteiger partial charge in [-0.3, -0.25) is 0 Å². The SMILES string of the molecule is COc1cc(OC)c(C(C)(C)O)cc1C. The van der Waals surface area contributed by atoms with Gasteiger partial charge in [-0.2, -0.15) is 0 Å². The van der Waals surface area contributed by atoms with Crippen molar-refractivity contribution in [1.82, 2.24) is 0 Å². The van der Waals surface area contributed by atoms with Crippen LogP contribution in [0.5, 0.6) is 11.5 Å². The number of methoxy groups -OCH3 is 2. The van der Waals surface area contributed by atoms with E-state index >= 15 is 0 Å². The second-order valence-electron chi connectivity index (χ2n) is 4.08. The van der Waals surface area contributed by atoms with Crippen LogP contribution in [0.2, 0.25) is 0 Å². The maximum Gasteiger partial charge on any atom is 0.128 e. The smallest absolute Gasteiger partial charge is 0.128 e. The molecule has 15 heavy (non-hydrogen) atoms. The van der Waals surface area contributed by atoms with Crippen molar-refractivity contribution < 1.29 is 14.6 Å². The predicted octanol–water partition coefficient (Wildman–Crippen LogP) is 2.24. The highest BCUT2D eigenvalue weighted by atomic mass is 16.5. The summed E-state index contributed by atoms with van der Waals surface area (Å²) in [4.78, 5) is 0. The van der Waals surface area contributed by atoms with Gasteiger partial charge in [0.15, 0.2) is 0 Å². The van der Waals surface area contributed by atoms with Crippen LogP contribution in [0.3, 0.4) is 0 Å². The first kappa shape index (κ1) is 11.9. The van der Waals surface area contributed by atoms with Crippen molar-refractivity contribution in [2.75, 3.05) is 14.2 Å². The van der Waals surface area contributed by atoms with E-state index in [1.165, 1.54) is 0 Å². The molecule has 0 radical (unpaired) electrons. The Morgan fingerprint density at radius 2 is 1.60 bits per heavy atom. The first-order valence-electron chi connectivity index (χ1n) is 4.85. The van der Waals surface area contributed by atoms with Gasteiger partial charge in [-0.15, -0.1) is 0 Å². The van der Waals surface area contributed by atoms with Crippen LogP contribution >= 0.6 is 0 Å². The normalized spacial score (nSPS) is 11.3. The number of ether oxygens (including phenoxy) is 2. The second-order valence-corrected chi connectivity index (χ2v) is 4.08. The lowest BCUT2D eigenvalue weighted by molar-refractivity contribution is 0.0755. The van der Waals surface area contributed by atoms with Gasteiger partial charge in [0.2, 0.25) is 0 Å². The zero-order valence-electron chi connectivity index (χ0n) is 9.92. The summed E-state index contributed by atoms with van der Waals surface area (Å²) in [6, 6.07) is 3.68. The number of rotatable bonds is 3. The van der Waals surface area contributed by atoms with Crippen LogP contribution in [0.1, 0.15) is 25.0 Å². The minimum atomic E-state index is -0.914. The molecule has 0 bridgehead atoms. The second kappa shape index (κ2) is 4.11. The van der Waals surface area contributed by atoms with Gasteiger partial charge in [-0.25, -0.2) is 0 Å². The lowest BCUT2D eigenvalue weighted by atomic mass is 9.95. The van der Waals surface area contributed by atoms with Crippen LogP contribution in [0.15, 0.2) is 12.1 Å². The highest BCUT2D eigenvalue weighted by molar-refractivity contribution is 5.48. The Kier molecular flexibility index (Phi) is 3.25. The predicted molar refractivity (Wildman–Crippen MR) is 59.5 cm³/mol. The van der Waals surface area contributed by atoms with Crippen LogP contribution < -0.4 is 9.47 Å². The molecule has 0 aliphatic carbocycles. The molecule has 1 rings (SSSR count). The fourth-order valence-electron chi connectivity index (χ4n) is 1.54. The molecule has 0 saturated carbocycles. The molecule has 0 atom stereocenters. The molecule has 84 valence electrons. The Labute approximate surface area is 90.6 Å². The van der Waals surface area contributed by atoms with Crippen molar-refractivity contribution in [3.05, 3.63) is 23.3 Å². The third-order valence-electron chi connectivity index (χ3n) is 2.38. The van der Waals surface area contributed by atoms with E-state index in [1.54, 1.807) is 34.1 Å². The minimum absolute atomic E-state index is 0.643. The summed E-state index contributed by atoms with van der Waals surface area (Å²) in [6.07, 6.45) is 0. The molecule has 0 fully saturated rings. The van der Waals surface area contributed by atoms with Gasteiger partial charge in [0.25, 0.3) is 0 Å². The quantitative estimate of drug-likeness (QED) is 0.831. The van der Waals surface area contributed by atoms with E-state index in [1.807, 2.05) is 13.0 Å². The van der Waals surface area contributed by atoms with E-state index in [9.17, 15) is 5.11 Å². The Hall–Kier alpha value is -1.22. The van der Waals surface area contributed by atoms with E-state index in [-0.39, 0.29) is 0 Å². The highest BCUT2D eigenvalue weighted by Crippen LogP contribution is 2.34. The molecule has 0 aliphatic rings. The molecule has 0 spiro atoms. The first-order valence-corrected chi connectivity index (χ1v) is 4.85. The van der Waals surface area contributed by atoms with Crippen molar-refractivity contribution in [3.8, 4) is 11.5 Å². The summed E-state index contributed by atoms with van der Waals surface area (Å²) in [5.41, 5.74) is 0.835. The van der Waals surface area contributed by atoms with E-state index in [4.69, 9.17) is 9.47 Å².